The Morgan fingerprint density at radius 2 is 1.64 bits per heavy atom. The van der Waals surface area contributed by atoms with E-state index in [0.29, 0.717) is 17.0 Å². The zero-order chi connectivity index (χ0) is 20.1. The van der Waals surface area contributed by atoms with Gasteiger partial charge in [-0.05, 0) is 60.7 Å². The summed E-state index contributed by atoms with van der Waals surface area (Å²) in [6.07, 6.45) is 0. The van der Waals surface area contributed by atoms with Crippen LogP contribution in [0.2, 0.25) is 5.15 Å². The van der Waals surface area contributed by atoms with Gasteiger partial charge < -0.3 is 10.1 Å². The van der Waals surface area contributed by atoms with Crippen molar-refractivity contribution in [1.82, 2.24) is 10.2 Å². The normalized spacial score (nSPS) is 10.9. The molecule has 0 bridgehead atoms. The quantitative estimate of drug-likeness (QED) is 0.636. The molecule has 1 amide bonds. The SMILES string of the molecule is COc1ccc(C(=O)Nc2ccc(S(=O)(=O)Nc3ccc(Cl)nn3)cc2)cc1. The van der Waals surface area contributed by atoms with Crippen LogP contribution in [0.4, 0.5) is 11.5 Å². The molecule has 1 heterocycles. The number of rotatable bonds is 6. The van der Waals surface area contributed by atoms with Crippen LogP contribution >= 0.6 is 11.6 Å². The van der Waals surface area contributed by atoms with Gasteiger partial charge in [0.1, 0.15) is 5.75 Å². The zero-order valence-electron chi connectivity index (χ0n) is 14.6. The lowest BCUT2D eigenvalue weighted by molar-refractivity contribution is 0.102. The molecule has 0 unspecified atom stereocenters. The first-order valence-electron chi connectivity index (χ1n) is 7.95. The van der Waals surface area contributed by atoms with Crippen molar-refractivity contribution < 1.29 is 17.9 Å². The smallest absolute Gasteiger partial charge is 0.263 e. The minimum absolute atomic E-state index is 0.00620. The average molecular weight is 419 g/mol. The van der Waals surface area contributed by atoms with Gasteiger partial charge in [0.25, 0.3) is 15.9 Å². The molecular formula is C18H15ClN4O4S. The van der Waals surface area contributed by atoms with Crippen molar-refractivity contribution in [2.75, 3.05) is 17.1 Å². The number of nitrogens with zero attached hydrogens (tertiary/aromatic N) is 2. The summed E-state index contributed by atoms with van der Waals surface area (Å²) in [6.45, 7) is 0. The molecule has 0 fully saturated rings. The highest BCUT2D eigenvalue weighted by molar-refractivity contribution is 7.92. The molecule has 0 saturated heterocycles. The predicted molar refractivity (Wildman–Crippen MR) is 105 cm³/mol. The van der Waals surface area contributed by atoms with Gasteiger partial charge in [-0.2, -0.15) is 0 Å². The summed E-state index contributed by atoms with van der Waals surface area (Å²) in [7, 11) is -2.31. The number of hydrogen-bond acceptors (Lipinski definition) is 6. The van der Waals surface area contributed by atoms with E-state index in [1.807, 2.05) is 0 Å². The van der Waals surface area contributed by atoms with E-state index in [1.54, 1.807) is 31.4 Å². The molecule has 0 aliphatic rings. The maximum absolute atomic E-state index is 12.4. The van der Waals surface area contributed by atoms with Gasteiger partial charge in [-0.3, -0.25) is 9.52 Å². The first kappa shape index (κ1) is 19.6. The van der Waals surface area contributed by atoms with Gasteiger partial charge in [0, 0.05) is 11.3 Å². The molecule has 144 valence electrons. The van der Waals surface area contributed by atoms with Crippen molar-refractivity contribution in [3.63, 3.8) is 0 Å². The summed E-state index contributed by atoms with van der Waals surface area (Å²) in [5.41, 5.74) is 0.895. The van der Waals surface area contributed by atoms with Gasteiger partial charge in [-0.15, -0.1) is 10.2 Å². The number of amides is 1. The van der Waals surface area contributed by atoms with Gasteiger partial charge in [0.15, 0.2) is 11.0 Å². The molecule has 2 aromatic carbocycles. The second-order valence-electron chi connectivity index (χ2n) is 5.55. The van der Waals surface area contributed by atoms with Gasteiger partial charge in [-0.25, -0.2) is 8.42 Å². The Labute approximate surface area is 166 Å². The number of carbonyl (C=O) groups excluding carboxylic acids is 1. The number of nitrogens with one attached hydrogen (secondary N) is 2. The Morgan fingerprint density at radius 3 is 2.21 bits per heavy atom. The second-order valence-corrected chi connectivity index (χ2v) is 7.62. The molecule has 1 aromatic heterocycles. The maximum Gasteiger partial charge on any atom is 0.263 e. The van der Waals surface area contributed by atoms with Crippen molar-refractivity contribution >= 4 is 39.0 Å². The number of halogens is 1. The highest BCUT2D eigenvalue weighted by Gasteiger charge is 2.15. The van der Waals surface area contributed by atoms with E-state index in [-0.39, 0.29) is 21.8 Å². The number of benzene rings is 2. The lowest BCUT2D eigenvalue weighted by Gasteiger charge is -2.09. The number of methoxy groups -OCH3 is 1. The summed E-state index contributed by atoms with van der Waals surface area (Å²) in [5, 5.41) is 10.1. The standard InChI is InChI=1S/C18H15ClN4O4S/c1-27-14-6-2-12(3-7-14)18(24)20-13-4-8-15(9-5-13)28(25,26)23-17-11-10-16(19)21-22-17/h2-11H,1H3,(H,20,24)(H,22,23). The third-order valence-electron chi connectivity index (χ3n) is 3.65. The molecule has 0 atom stereocenters. The number of anilines is 2. The highest BCUT2D eigenvalue weighted by atomic mass is 35.5. The van der Waals surface area contributed by atoms with E-state index >= 15 is 0 Å². The van der Waals surface area contributed by atoms with Crippen LogP contribution in [0.5, 0.6) is 5.75 Å². The Bertz CT molecular complexity index is 1070. The van der Waals surface area contributed by atoms with Crippen LogP contribution < -0.4 is 14.8 Å². The molecule has 3 rings (SSSR count). The van der Waals surface area contributed by atoms with E-state index in [2.05, 4.69) is 20.2 Å². The topological polar surface area (TPSA) is 110 Å². The first-order valence-corrected chi connectivity index (χ1v) is 9.81. The van der Waals surface area contributed by atoms with Gasteiger partial charge in [0.2, 0.25) is 0 Å². The zero-order valence-corrected chi connectivity index (χ0v) is 16.2. The van der Waals surface area contributed by atoms with Gasteiger partial charge in [-0.1, -0.05) is 11.6 Å². The molecule has 28 heavy (non-hydrogen) atoms. The Morgan fingerprint density at radius 1 is 0.964 bits per heavy atom. The average Bonchev–Trinajstić information content (AvgIpc) is 2.70. The number of hydrogen-bond donors (Lipinski definition) is 2. The molecule has 0 aliphatic heterocycles. The van der Waals surface area contributed by atoms with Crippen LogP contribution in [-0.2, 0) is 10.0 Å². The largest absolute Gasteiger partial charge is 0.497 e. The van der Waals surface area contributed by atoms with E-state index in [9.17, 15) is 13.2 Å². The molecule has 0 spiro atoms. The molecule has 8 nitrogen and oxygen atoms in total. The second kappa shape index (κ2) is 8.24. The van der Waals surface area contributed by atoms with Crippen molar-refractivity contribution in [1.29, 1.82) is 0 Å². The summed E-state index contributed by atoms with van der Waals surface area (Å²) in [6, 6.07) is 15.2. The van der Waals surface area contributed by atoms with Crippen molar-refractivity contribution in [2.45, 2.75) is 4.90 Å². The fourth-order valence-corrected chi connectivity index (χ4v) is 3.33. The number of ether oxygens (including phenoxy) is 1. The summed E-state index contributed by atoms with van der Waals surface area (Å²) in [5.74, 6) is 0.359. The van der Waals surface area contributed by atoms with Crippen LogP contribution in [0, 0.1) is 0 Å². The van der Waals surface area contributed by atoms with E-state index in [1.165, 1.54) is 36.4 Å². The van der Waals surface area contributed by atoms with E-state index < -0.39 is 10.0 Å². The van der Waals surface area contributed by atoms with E-state index in [0.717, 1.165) is 0 Å². The van der Waals surface area contributed by atoms with Crippen molar-refractivity contribution in [3.05, 3.63) is 71.4 Å². The van der Waals surface area contributed by atoms with Gasteiger partial charge in [0.05, 0.1) is 12.0 Å². The fraction of sp³-hybridized carbons (Fsp3) is 0.0556. The molecule has 10 heteroatoms. The highest BCUT2D eigenvalue weighted by Crippen LogP contribution is 2.19. The number of sulfonamides is 1. The first-order chi connectivity index (χ1) is 13.4. The molecule has 0 aliphatic carbocycles. The molecule has 0 saturated carbocycles. The summed E-state index contributed by atoms with van der Waals surface area (Å²) in [4.78, 5) is 12.3. The minimum atomic E-state index is -3.85. The number of carbonyl (C=O) groups is 1. The minimum Gasteiger partial charge on any atom is -0.497 e. The van der Waals surface area contributed by atoms with E-state index in [4.69, 9.17) is 16.3 Å². The van der Waals surface area contributed by atoms with Crippen LogP contribution in [0.15, 0.2) is 65.6 Å². The lowest BCUT2D eigenvalue weighted by Crippen LogP contribution is -2.15. The van der Waals surface area contributed by atoms with Gasteiger partial charge >= 0.3 is 0 Å². The maximum atomic E-state index is 12.4. The Balaban J connectivity index is 1.69. The molecule has 0 radical (unpaired) electrons. The molecule has 3 aromatic rings. The lowest BCUT2D eigenvalue weighted by atomic mass is 10.2. The van der Waals surface area contributed by atoms with Crippen LogP contribution in [0.25, 0.3) is 0 Å². The van der Waals surface area contributed by atoms with Crippen molar-refractivity contribution in [3.8, 4) is 5.75 Å². The number of aromatic nitrogens is 2. The fourth-order valence-electron chi connectivity index (χ4n) is 2.23. The summed E-state index contributed by atoms with van der Waals surface area (Å²) >= 11 is 5.63. The van der Waals surface area contributed by atoms with Crippen molar-refractivity contribution in [2.24, 2.45) is 0 Å². The molecule has 2 N–H and O–H groups in total. The van der Waals surface area contributed by atoms with Crippen LogP contribution in [0.1, 0.15) is 10.4 Å². The Hall–Kier alpha value is -3.17. The summed E-state index contributed by atoms with van der Waals surface area (Å²) < 4.78 is 32.1. The monoisotopic (exact) mass is 418 g/mol. The Kier molecular flexibility index (Phi) is 5.76. The van der Waals surface area contributed by atoms with Crippen LogP contribution in [-0.4, -0.2) is 31.6 Å². The molecular weight excluding hydrogens is 404 g/mol. The van der Waals surface area contributed by atoms with Crippen LogP contribution in [0.3, 0.4) is 0 Å². The third kappa shape index (κ3) is 4.76. The third-order valence-corrected chi connectivity index (χ3v) is 5.22. The predicted octanol–water partition coefficient (Wildman–Crippen LogP) is 3.19.